The number of rotatable bonds is 9. The van der Waals surface area contributed by atoms with Crippen LogP contribution >= 0.6 is 0 Å². The molecule has 202 valence electrons. The summed E-state index contributed by atoms with van der Waals surface area (Å²) >= 11 is 0. The second-order valence-electron chi connectivity index (χ2n) is 9.09. The minimum absolute atomic E-state index is 0.00164. The molecular formula is C27H27FN6O4S. The predicted octanol–water partition coefficient (Wildman–Crippen LogP) is 1.90. The highest BCUT2D eigenvalue weighted by atomic mass is 32.2. The molecule has 3 N–H and O–H groups in total. The van der Waals surface area contributed by atoms with E-state index in [4.69, 9.17) is 0 Å². The second kappa shape index (κ2) is 12.0. The van der Waals surface area contributed by atoms with Crippen molar-refractivity contribution < 1.29 is 22.4 Å². The van der Waals surface area contributed by atoms with Gasteiger partial charge in [-0.1, -0.05) is 30.3 Å². The number of carbonyl (C=O) groups excluding carboxylic acids is 2. The summed E-state index contributed by atoms with van der Waals surface area (Å²) in [5, 5.41) is 18.1. The highest BCUT2D eigenvalue weighted by Crippen LogP contribution is 2.25. The third-order valence-corrected chi connectivity index (χ3v) is 7.36. The maximum Gasteiger partial charge on any atom is 0.255 e. The zero-order chi connectivity index (χ0) is 28.0. The first-order chi connectivity index (χ1) is 18.6. The number of nitrogens with zero attached hydrogens (tertiary/aromatic N) is 3. The summed E-state index contributed by atoms with van der Waals surface area (Å²) in [7, 11) is -3.57. The highest BCUT2D eigenvalue weighted by molar-refractivity contribution is 7.88. The number of amides is 2. The molecule has 1 fully saturated rings. The maximum atomic E-state index is 13.6. The molecule has 39 heavy (non-hydrogen) atoms. The van der Waals surface area contributed by atoms with Gasteiger partial charge in [0, 0.05) is 25.2 Å². The summed E-state index contributed by atoms with van der Waals surface area (Å²) in [5.74, 6) is -1.01. The molecule has 2 aromatic carbocycles. The van der Waals surface area contributed by atoms with Gasteiger partial charge in [0.25, 0.3) is 5.91 Å². The molecule has 0 bridgehead atoms. The van der Waals surface area contributed by atoms with E-state index in [0.717, 1.165) is 16.1 Å². The average molecular weight is 551 g/mol. The molecular weight excluding hydrogens is 523 g/mol. The maximum absolute atomic E-state index is 13.6. The van der Waals surface area contributed by atoms with Crippen LogP contribution in [-0.2, 0) is 21.2 Å². The lowest BCUT2D eigenvalue weighted by Gasteiger charge is -2.31. The molecule has 2 heterocycles. The fourth-order valence-electron chi connectivity index (χ4n) is 4.22. The van der Waals surface area contributed by atoms with Crippen LogP contribution in [0.15, 0.2) is 60.7 Å². The number of anilines is 1. The van der Waals surface area contributed by atoms with Crippen LogP contribution in [0.4, 0.5) is 10.2 Å². The van der Waals surface area contributed by atoms with Crippen molar-refractivity contribution in [3.05, 3.63) is 83.2 Å². The molecule has 1 aliphatic heterocycles. The smallest absolute Gasteiger partial charge is 0.255 e. The Morgan fingerprint density at radius 3 is 2.74 bits per heavy atom. The van der Waals surface area contributed by atoms with Crippen molar-refractivity contribution >= 4 is 27.7 Å². The molecule has 0 spiro atoms. The topological polar surface area (TPSA) is 144 Å². The van der Waals surface area contributed by atoms with Crippen LogP contribution in [0.1, 0.15) is 21.5 Å². The minimum Gasteiger partial charge on any atom is -0.369 e. The van der Waals surface area contributed by atoms with E-state index in [-0.39, 0.29) is 36.8 Å². The fourth-order valence-corrected chi connectivity index (χ4v) is 5.02. The lowest BCUT2D eigenvalue weighted by molar-refractivity contribution is -0.123. The van der Waals surface area contributed by atoms with Crippen LogP contribution in [-0.4, -0.2) is 68.0 Å². The molecule has 10 nitrogen and oxygen atoms in total. The zero-order valence-electron chi connectivity index (χ0n) is 21.1. The van der Waals surface area contributed by atoms with Crippen molar-refractivity contribution in [1.29, 1.82) is 5.26 Å². The highest BCUT2D eigenvalue weighted by Gasteiger charge is 2.30. The van der Waals surface area contributed by atoms with Crippen LogP contribution in [0.25, 0.3) is 11.3 Å². The Morgan fingerprint density at radius 1 is 1.21 bits per heavy atom. The van der Waals surface area contributed by atoms with Crippen LogP contribution in [0.3, 0.4) is 0 Å². The van der Waals surface area contributed by atoms with Crippen molar-refractivity contribution in [2.75, 3.05) is 37.8 Å². The summed E-state index contributed by atoms with van der Waals surface area (Å²) in [5.41, 5.74) is 2.50. The number of nitriles is 1. The third-order valence-electron chi connectivity index (χ3n) is 6.15. The number of sulfonamides is 1. The Hall–Kier alpha value is -4.34. The van der Waals surface area contributed by atoms with E-state index < -0.39 is 27.9 Å². The summed E-state index contributed by atoms with van der Waals surface area (Å²) in [6.07, 6.45) is 1.50. The monoisotopic (exact) mass is 550 g/mol. The number of halogens is 1. The van der Waals surface area contributed by atoms with E-state index in [1.54, 1.807) is 48.5 Å². The lowest BCUT2D eigenvalue weighted by atomic mass is 10.0. The molecule has 0 aliphatic carbocycles. The van der Waals surface area contributed by atoms with E-state index >= 15 is 0 Å². The van der Waals surface area contributed by atoms with E-state index in [1.807, 2.05) is 0 Å². The SMILES string of the molecule is CS(=O)(=O)N1CC(=O)N[C@@H](CNC(=O)c2ccc(-c3ccccc3C#N)nc2NCCc2cccc(F)c2)C1. The van der Waals surface area contributed by atoms with Gasteiger partial charge in [-0.2, -0.15) is 9.57 Å². The predicted molar refractivity (Wildman–Crippen MR) is 144 cm³/mol. The van der Waals surface area contributed by atoms with Gasteiger partial charge < -0.3 is 16.0 Å². The average Bonchev–Trinajstić information content (AvgIpc) is 2.91. The van der Waals surface area contributed by atoms with Gasteiger partial charge in [-0.15, -0.1) is 0 Å². The van der Waals surface area contributed by atoms with Crippen LogP contribution in [0.5, 0.6) is 0 Å². The molecule has 0 unspecified atom stereocenters. The standard InChI is InChI=1S/C27H27FN6O4S/c1-39(37,38)34-16-21(32-25(35)17-34)15-31-27(36)23-9-10-24(22-8-3-2-6-19(22)14-29)33-26(23)30-12-11-18-5-4-7-20(28)13-18/h2-10,13,21H,11-12,15-17H2,1H3,(H,30,33)(H,31,36)(H,32,35)/t21-/m0/s1. The Kier molecular flexibility index (Phi) is 8.53. The van der Waals surface area contributed by atoms with E-state index in [0.29, 0.717) is 29.8 Å². The number of piperazine rings is 1. The molecule has 0 saturated carbocycles. The first-order valence-corrected chi connectivity index (χ1v) is 14.0. The molecule has 1 saturated heterocycles. The van der Waals surface area contributed by atoms with E-state index in [1.165, 1.54) is 12.1 Å². The summed E-state index contributed by atoms with van der Waals surface area (Å²) in [6, 6.07) is 17.9. The summed E-state index contributed by atoms with van der Waals surface area (Å²) < 4.78 is 38.4. The number of hydrogen-bond acceptors (Lipinski definition) is 7. The molecule has 2 amide bonds. The van der Waals surface area contributed by atoms with Gasteiger partial charge in [0.15, 0.2) is 0 Å². The Morgan fingerprint density at radius 2 is 2.00 bits per heavy atom. The van der Waals surface area contributed by atoms with Gasteiger partial charge in [-0.05, 0) is 42.3 Å². The number of nitrogens with one attached hydrogen (secondary N) is 3. The van der Waals surface area contributed by atoms with Gasteiger partial charge in [0.05, 0.1) is 41.7 Å². The number of pyridine rings is 1. The molecule has 3 aromatic rings. The van der Waals surface area contributed by atoms with Gasteiger partial charge in [0.1, 0.15) is 11.6 Å². The lowest BCUT2D eigenvalue weighted by Crippen LogP contribution is -2.58. The Labute approximate surface area is 225 Å². The first-order valence-electron chi connectivity index (χ1n) is 12.2. The van der Waals surface area contributed by atoms with Crippen molar-refractivity contribution in [3.63, 3.8) is 0 Å². The Balaban J connectivity index is 1.54. The summed E-state index contributed by atoms with van der Waals surface area (Å²) in [6.45, 7) is 0.115. The first kappa shape index (κ1) is 27.7. The summed E-state index contributed by atoms with van der Waals surface area (Å²) in [4.78, 5) is 29.8. The van der Waals surface area contributed by atoms with E-state index in [2.05, 4.69) is 27.0 Å². The van der Waals surface area contributed by atoms with Crippen molar-refractivity contribution in [1.82, 2.24) is 19.9 Å². The molecule has 12 heteroatoms. The zero-order valence-corrected chi connectivity index (χ0v) is 22.0. The van der Waals surface area contributed by atoms with Gasteiger partial charge in [-0.3, -0.25) is 9.59 Å². The van der Waals surface area contributed by atoms with Crippen molar-refractivity contribution in [2.45, 2.75) is 12.5 Å². The molecule has 0 radical (unpaired) electrons. The molecule has 4 rings (SSSR count). The van der Waals surface area contributed by atoms with Gasteiger partial charge in [-0.25, -0.2) is 17.8 Å². The van der Waals surface area contributed by atoms with Crippen LogP contribution in [0, 0.1) is 17.1 Å². The third kappa shape index (κ3) is 7.16. The number of carbonyl (C=O) groups is 2. The molecule has 1 aliphatic rings. The van der Waals surface area contributed by atoms with Gasteiger partial charge in [0.2, 0.25) is 15.9 Å². The number of hydrogen-bond donors (Lipinski definition) is 3. The fraction of sp³-hybridized carbons (Fsp3) is 0.259. The quantitative estimate of drug-likeness (QED) is 0.369. The molecule has 1 aromatic heterocycles. The van der Waals surface area contributed by atoms with Crippen LogP contribution < -0.4 is 16.0 Å². The molecule has 1 atom stereocenters. The largest absolute Gasteiger partial charge is 0.369 e. The Bertz CT molecular complexity index is 1540. The number of aromatic nitrogens is 1. The second-order valence-corrected chi connectivity index (χ2v) is 11.1. The number of benzene rings is 2. The van der Waals surface area contributed by atoms with Gasteiger partial charge >= 0.3 is 0 Å². The minimum atomic E-state index is -3.57. The normalized spacial score (nSPS) is 15.7. The van der Waals surface area contributed by atoms with Crippen molar-refractivity contribution in [2.24, 2.45) is 0 Å². The van der Waals surface area contributed by atoms with Crippen LogP contribution in [0.2, 0.25) is 0 Å². The van der Waals surface area contributed by atoms with E-state index in [9.17, 15) is 27.7 Å². The van der Waals surface area contributed by atoms with Crippen molar-refractivity contribution in [3.8, 4) is 17.3 Å².